The minimum absolute atomic E-state index is 0. The zero-order chi connectivity index (χ0) is 16.4. The van der Waals surface area contributed by atoms with E-state index in [1.807, 2.05) is 0 Å². The van der Waals surface area contributed by atoms with Crippen molar-refractivity contribution in [1.82, 2.24) is 4.90 Å². The van der Waals surface area contributed by atoms with Gasteiger partial charge in [0.15, 0.2) is 11.5 Å². The molecule has 0 radical (unpaired) electrons. The molecule has 2 heterocycles. The fourth-order valence-electron chi connectivity index (χ4n) is 4.23. The standard InChI is InChI=1S/C19H30N2O2.2ClH/c1-4-5-6-14-12-21-8-7-13-9-18(22-2)19(23-3)10-15(13)17(21)11-16(14)20;;/h9-10,14,16-17H,4-8,11-12,20H2,1-3H3;2*1H/t14-,16-,17-;;/m1../s1. The van der Waals surface area contributed by atoms with E-state index in [0.29, 0.717) is 18.0 Å². The van der Waals surface area contributed by atoms with Crippen molar-refractivity contribution < 1.29 is 9.47 Å². The van der Waals surface area contributed by atoms with E-state index in [0.717, 1.165) is 37.4 Å². The lowest BCUT2D eigenvalue weighted by atomic mass is 9.79. The summed E-state index contributed by atoms with van der Waals surface area (Å²) in [6.07, 6.45) is 5.95. The van der Waals surface area contributed by atoms with E-state index in [1.54, 1.807) is 14.2 Å². The zero-order valence-electron chi connectivity index (χ0n) is 15.5. The van der Waals surface area contributed by atoms with Gasteiger partial charge in [-0.3, -0.25) is 4.90 Å². The molecule has 1 fully saturated rings. The van der Waals surface area contributed by atoms with Gasteiger partial charge in [-0.05, 0) is 48.4 Å². The first-order valence-electron chi connectivity index (χ1n) is 8.92. The largest absolute Gasteiger partial charge is 0.493 e. The van der Waals surface area contributed by atoms with Gasteiger partial charge in [0.2, 0.25) is 0 Å². The smallest absolute Gasteiger partial charge is 0.161 e. The lowest BCUT2D eigenvalue weighted by Crippen LogP contribution is -2.50. The molecular weight excluding hydrogens is 359 g/mol. The van der Waals surface area contributed by atoms with Gasteiger partial charge in [0.05, 0.1) is 14.2 Å². The van der Waals surface area contributed by atoms with Crippen molar-refractivity contribution in [2.75, 3.05) is 27.3 Å². The number of hydrogen-bond donors (Lipinski definition) is 1. The number of rotatable bonds is 5. The Hall–Kier alpha value is -0.680. The van der Waals surface area contributed by atoms with Crippen LogP contribution in [-0.2, 0) is 6.42 Å². The molecule has 3 atom stereocenters. The molecule has 25 heavy (non-hydrogen) atoms. The Labute approximate surface area is 164 Å². The number of nitrogens with two attached hydrogens (primary N) is 1. The summed E-state index contributed by atoms with van der Waals surface area (Å²) >= 11 is 0. The number of ether oxygens (including phenoxy) is 2. The third kappa shape index (κ3) is 4.54. The van der Waals surface area contributed by atoms with Crippen molar-refractivity contribution in [2.24, 2.45) is 11.7 Å². The Bertz CT molecular complexity index is 556. The summed E-state index contributed by atoms with van der Waals surface area (Å²) in [6.45, 7) is 4.52. The van der Waals surface area contributed by atoms with Crippen LogP contribution in [0.1, 0.15) is 49.8 Å². The summed E-state index contributed by atoms with van der Waals surface area (Å²) in [4.78, 5) is 2.64. The SMILES string of the molecule is CCCC[C@@H]1CN2CCc3cc(OC)c(OC)cc3[C@H]2C[C@H]1N.Cl.Cl. The molecule has 0 amide bonds. The Balaban J connectivity index is 0.00000156. The molecule has 1 saturated heterocycles. The minimum Gasteiger partial charge on any atom is -0.493 e. The Morgan fingerprint density at radius 1 is 1.16 bits per heavy atom. The fraction of sp³-hybridized carbons (Fsp3) is 0.684. The summed E-state index contributed by atoms with van der Waals surface area (Å²) in [5, 5.41) is 0. The molecule has 0 aliphatic carbocycles. The molecule has 2 aliphatic rings. The van der Waals surface area contributed by atoms with Gasteiger partial charge in [-0.1, -0.05) is 19.8 Å². The third-order valence-corrected chi connectivity index (χ3v) is 5.61. The third-order valence-electron chi connectivity index (χ3n) is 5.61. The summed E-state index contributed by atoms with van der Waals surface area (Å²) in [5.74, 6) is 2.31. The van der Waals surface area contributed by atoms with Crippen molar-refractivity contribution in [3.8, 4) is 11.5 Å². The van der Waals surface area contributed by atoms with Crippen LogP contribution in [0.25, 0.3) is 0 Å². The van der Waals surface area contributed by atoms with Crippen molar-refractivity contribution in [3.63, 3.8) is 0 Å². The minimum atomic E-state index is 0. The number of piperidine rings is 1. The van der Waals surface area contributed by atoms with Gasteiger partial charge >= 0.3 is 0 Å². The second-order valence-corrected chi connectivity index (χ2v) is 6.97. The van der Waals surface area contributed by atoms with Crippen molar-refractivity contribution in [2.45, 2.75) is 51.1 Å². The van der Waals surface area contributed by atoms with Gasteiger partial charge in [0.1, 0.15) is 0 Å². The van der Waals surface area contributed by atoms with Gasteiger partial charge in [-0.15, -0.1) is 24.8 Å². The van der Waals surface area contributed by atoms with Gasteiger partial charge in [-0.2, -0.15) is 0 Å². The molecule has 3 rings (SSSR count). The quantitative estimate of drug-likeness (QED) is 0.825. The van der Waals surface area contributed by atoms with Crippen LogP contribution in [-0.4, -0.2) is 38.3 Å². The van der Waals surface area contributed by atoms with Crippen LogP contribution >= 0.6 is 24.8 Å². The number of unbranched alkanes of at least 4 members (excludes halogenated alkanes) is 1. The Morgan fingerprint density at radius 3 is 2.48 bits per heavy atom. The molecular formula is C19H32Cl2N2O2. The van der Waals surface area contributed by atoms with Crippen LogP contribution in [0, 0.1) is 5.92 Å². The number of methoxy groups -OCH3 is 2. The van der Waals surface area contributed by atoms with E-state index in [1.165, 1.54) is 30.4 Å². The average Bonchev–Trinajstić information content (AvgIpc) is 2.58. The lowest BCUT2D eigenvalue weighted by molar-refractivity contribution is 0.0783. The first kappa shape index (κ1) is 22.4. The molecule has 4 nitrogen and oxygen atoms in total. The molecule has 144 valence electrons. The van der Waals surface area contributed by atoms with E-state index in [-0.39, 0.29) is 24.8 Å². The number of benzene rings is 1. The van der Waals surface area contributed by atoms with Crippen LogP contribution in [0.5, 0.6) is 11.5 Å². The highest BCUT2D eigenvalue weighted by molar-refractivity contribution is 5.85. The summed E-state index contributed by atoms with van der Waals surface area (Å²) < 4.78 is 11.0. The lowest BCUT2D eigenvalue weighted by Gasteiger charge is -2.46. The molecule has 0 saturated carbocycles. The number of fused-ring (bicyclic) bond motifs is 3. The van der Waals surface area contributed by atoms with Crippen LogP contribution in [0.2, 0.25) is 0 Å². The Morgan fingerprint density at radius 2 is 1.84 bits per heavy atom. The fourth-order valence-corrected chi connectivity index (χ4v) is 4.23. The zero-order valence-corrected chi connectivity index (χ0v) is 17.1. The first-order chi connectivity index (χ1) is 11.2. The molecule has 2 N–H and O–H groups in total. The summed E-state index contributed by atoms with van der Waals surface area (Å²) in [5.41, 5.74) is 9.31. The highest BCUT2D eigenvalue weighted by atomic mass is 35.5. The number of halogens is 2. The van der Waals surface area contributed by atoms with E-state index in [9.17, 15) is 0 Å². The van der Waals surface area contributed by atoms with Gasteiger partial charge in [0.25, 0.3) is 0 Å². The molecule has 1 aromatic carbocycles. The molecule has 0 aromatic heterocycles. The topological polar surface area (TPSA) is 47.7 Å². The van der Waals surface area contributed by atoms with Crippen LogP contribution in [0.15, 0.2) is 12.1 Å². The maximum atomic E-state index is 6.53. The molecule has 0 unspecified atom stereocenters. The van der Waals surface area contributed by atoms with Crippen molar-refractivity contribution in [1.29, 1.82) is 0 Å². The number of hydrogen-bond acceptors (Lipinski definition) is 4. The van der Waals surface area contributed by atoms with Gasteiger partial charge in [-0.25, -0.2) is 0 Å². The van der Waals surface area contributed by atoms with Crippen molar-refractivity contribution in [3.05, 3.63) is 23.3 Å². The van der Waals surface area contributed by atoms with E-state index in [2.05, 4.69) is 24.0 Å². The molecule has 0 spiro atoms. The Kier molecular flexibility index (Phi) is 8.82. The molecule has 1 aromatic rings. The van der Waals surface area contributed by atoms with Crippen LogP contribution < -0.4 is 15.2 Å². The van der Waals surface area contributed by atoms with E-state index in [4.69, 9.17) is 15.2 Å². The van der Waals surface area contributed by atoms with E-state index < -0.39 is 0 Å². The summed E-state index contributed by atoms with van der Waals surface area (Å²) in [6, 6.07) is 5.07. The van der Waals surface area contributed by atoms with E-state index >= 15 is 0 Å². The molecule has 2 aliphatic heterocycles. The maximum Gasteiger partial charge on any atom is 0.161 e. The summed E-state index contributed by atoms with van der Waals surface area (Å²) in [7, 11) is 3.41. The molecule has 6 heteroatoms. The van der Waals surface area contributed by atoms with Gasteiger partial charge < -0.3 is 15.2 Å². The monoisotopic (exact) mass is 390 g/mol. The normalized spacial score (nSPS) is 25.0. The number of nitrogens with zero attached hydrogens (tertiary/aromatic N) is 1. The van der Waals surface area contributed by atoms with Crippen LogP contribution in [0.4, 0.5) is 0 Å². The predicted octanol–water partition coefficient (Wildman–Crippen LogP) is 3.98. The predicted molar refractivity (Wildman–Crippen MR) is 108 cm³/mol. The maximum absolute atomic E-state index is 6.53. The first-order valence-corrected chi connectivity index (χ1v) is 8.92. The average molecular weight is 391 g/mol. The highest BCUT2D eigenvalue weighted by Crippen LogP contribution is 2.42. The second kappa shape index (κ2) is 9.86. The molecule has 0 bridgehead atoms. The van der Waals surface area contributed by atoms with Gasteiger partial charge in [0, 0.05) is 25.2 Å². The second-order valence-electron chi connectivity index (χ2n) is 6.97. The highest BCUT2D eigenvalue weighted by Gasteiger charge is 2.37. The van der Waals surface area contributed by atoms with Crippen LogP contribution in [0.3, 0.4) is 0 Å². The van der Waals surface area contributed by atoms with Crippen molar-refractivity contribution >= 4 is 24.8 Å².